The van der Waals surface area contributed by atoms with E-state index in [1.54, 1.807) is 22.0 Å². The molecule has 2 aliphatic rings. The molecule has 0 saturated carbocycles. The summed E-state index contributed by atoms with van der Waals surface area (Å²) in [6, 6.07) is 18.5. The van der Waals surface area contributed by atoms with Gasteiger partial charge in [-0.15, -0.1) is 0 Å². The average molecular weight is 478 g/mol. The molecule has 4 rings (SSSR count). The van der Waals surface area contributed by atoms with Crippen LogP contribution in [0.2, 0.25) is 0 Å². The monoisotopic (exact) mass is 477 g/mol. The smallest absolute Gasteiger partial charge is 0.333 e. The summed E-state index contributed by atoms with van der Waals surface area (Å²) in [5.74, 6) is -0.234. The van der Waals surface area contributed by atoms with Crippen molar-refractivity contribution >= 4 is 17.8 Å². The number of fused-ring (bicyclic) bond motifs is 1. The van der Waals surface area contributed by atoms with E-state index < -0.39 is 12.2 Å². The predicted octanol–water partition coefficient (Wildman–Crippen LogP) is 3.23. The molecule has 2 aromatic rings. The third-order valence-corrected chi connectivity index (χ3v) is 7.25. The Kier molecular flexibility index (Phi) is 7.40. The number of amides is 4. The maximum absolute atomic E-state index is 13.8. The number of urea groups is 1. The van der Waals surface area contributed by atoms with E-state index in [0.29, 0.717) is 6.54 Å². The van der Waals surface area contributed by atoms with Crippen LogP contribution in [0.4, 0.5) is 4.79 Å². The number of likely N-dealkylation sites (N-methyl/N-ethyl adjacent to an activating group) is 1. The summed E-state index contributed by atoms with van der Waals surface area (Å²) in [5, 5.41) is 6.27. The van der Waals surface area contributed by atoms with Gasteiger partial charge in [0.2, 0.25) is 11.8 Å². The van der Waals surface area contributed by atoms with Gasteiger partial charge in [-0.1, -0.05) is 80.9 Å². The summed E-state index contributed by atoms with van der Waals surface area (Å²) in [6.07, 6.45) is 0.163. The predicted molar refractivity (Wildman–Crippen MR) is 134 cm³/mol. The van der Waals surface area contributed by atoms with Gasteiger partial charge in [0.25, 0.3) is 0 Å². The van der Waals surface area contributed by atoms with E-state index in [1.807, 2.05) is 86.3 Å². The van der Waals surface area contributed by atoms with Crippen LogP contribution in [0.25, 0.3) is 0 Å². The zero-order valence-electron chi connectivity index (χ0n) is 20.9. The van der Waals surface area contributed by atoms with E-state index >= 15 is 0 Å². The molecule has 8 heteroatoms. The molecule has 0 aliphatic carbocycles. The van der Waals surface area contributed by atoms with Crippen molar-refractivity contribution in [1.29, 1.82) is 0 Å². The van der Waals surface area contributed by atoms with E-state index in [9.17, 15) is 14.4 Å². The lowest BCUT2D eigenvalue weighted by Gasteiger charge is -2.56. The van der Waals surface area contributed by atoms with Crippen molar-refractivity contribution in [1.82, 2.24) is 25.1 Å². The zero-order chi connectivity index (χ0) is 25.1. The first-order valence-corrected chi connectivity index (χ1v) is 12.3. The summed E-state index contributed by atoms with van der Waals surface area (Å²) in [6.45, 7) is 6.70. The molecule has 0 spiro atoms. The van der Waals surface area contributed by atoms with Crippen molar-refractivity contribution in [3.8, 4) is 0 Å². The van der Waals surface area contributed by atoms with Crippen LogP contribution < -0.4 is 5.32 Å². The van der Waals surface area contributed by atoms with E-state index in [2.05, 4.69) is 5.32 Å². The fourth-order valence-corrected chi connectivity index (χ4v) is 5.07. The van der Waals surface area contributed by atoms with Gasteiger partial charge in [-0.05, 0) is 24.0 Å². The summed E-state index contributed by atoms with van der Waals surface area (Å²) < 4.78 is 0. The molecule has 1 N–H and O–H groups in total. The summed E-state index contributed by atoms with van der Waals surface area (Å²) in [5.41, 5.74) is 2.01. The lowest BCUT2D eigenvalue weighted by molar-refractivity contribution is -0.192. The van der Waals surface area contributed by atoms with Crippen molar-refractivity contribution < 1.29 is 14.4 Å². The molecule has 2 heterocycles. The number of carbonyl (C=O) groups is 3. The van der Waals surface area contributed by atoms with Crippen LogP contribution in [-0.4, -0.2) is 70.0 Å². The molecule has 4 atom stereocenters. The SMILES string of the molecule is CCC(C)[C@H]1C(=O)N([C@@H](C)c2ccccc2)C[C@H]2N1C(=O)CN(C)N2C(=O)NCc1ccccc1. The zero-order valence-corrected chi connectivity index (χ0v) is 20.9. The summed E-state index contributed by atoms with van der Waals surface area (Å²) >= 11 is 0. The topological polar surface area (TPSA) is 76.2 Å². The Morgan fingerprint density at radius 2 is 1.66 bits per heavy atom. The summed E-state index contributed by atoms with van der Waals surface area (Å²) in [7, 11) is 1.75. The molecule has 0 radical (unpaired) electrons. The number of nitrogens with one attached hydrogen (secondary N) is 1. The third-order valence-electron chi connectivity index (χ3n) is 7.25. The average Bonchev–Trinajstić information content (AvgIpc) is 2.87. The second kappa shape index (κ2) is 10.5. The van der Waals surface area contributed by atoms with Gasteiger partial charge in [0.15, 0.2) is 0 Å². The second-order valence-corrected chi connectivity index (χ2v) is 9.49. The van der Waals surface area contributed by atoms with Gasteiger partial charge in [-0.25, -0.2) is 14.8 Å². The van der Waals surface area contributed by atoms with Crippen LogP contribution in [0.1, 0.15) is 44.4 Å². The number of benzene rings is 2. The molecule has 8 nitrogen and oxygen atoms in total. The molecule has 2 fully saturated rings. The van der Waals surface area contributed by atoms with Gasteiger partial charge in [-0.2, -0.15) is 0 Å². The number of hydrogen-bond donors (Lipinski definition) is 1. The van der Waals surface area contributed by atoms with Crippen molar-refractivity contribution in [2.45, 2.75) is 52.0 Å². The Labute approximate surface area is 207 Å². The van der Waals surface area contributed by atoms with Crippen LogP contribution in [-0.2, 0) is 16.1 Å². The minimum Gasteiger partial charge on any atom is -0.333 e. The van der Waals surface area contributed by atoms with Gasteiger partial charge >= 0.3 is 6.03 Å². The van der Waals surface area contributed by atoms with Crippen LogP contribution >= 0.6 is 0 Å². The Hall–Kier alpha value is -3.39. The lowest BCUT2D eigenvalue weighted by Crippen LogP contribution is -2.76. The van der Waals surface area contributed by atoms with Gasteiger partial charge in [0.05, 0.1) is 19.1 Å². The Bertz CT molecular complexity index is 1050. The van der Waals surface area contributed by atoms with Gasteiger partial charge in [0, 0.05) is 13.6 Å². The highest BCUT2D eigenvalue weighted by atomic mass is 16.2. The van der Waals surface area contributed by atoms with E-state index in [4.69, 9.17) is 0 Å². The fraction of sp³-hybridized carbons (Fsp3) is 0.444. The minimum atomic E-state index is -0.615. The molecule has 2 saturated heterocycles. The first kappa shape index (κ1) is 24.7. The van der Waals surface area contributed by atoms with E-state index in [-0.39, 0.29) is 42.9 Å². The fourth-order valence-electron chi connectivity index (χ4n) is 5.07. The molecule has 0 bridgehead atoms. The highest BCUT2D eigenvalue weighted by Crippen LogP contribution is 2.34. The van der Waals surface area contributed by atoms with Gasteiger partial charge < -0.3 is 15.1 Å². The maximum atomic E-state index is 13.8. The normalized spacial score (nSPS) is 22.6. The molecular weight excluding hydrogens is 442 g/mol. The van der Waals surface area contributed by atoms with Crippen LogP contribution in [0.15, 0.2) is 60.7 Å². The van der Waals surface area contributed by atoms with Gasteiger partial charge in [-0.3, -0.25) is 9.59 Å². The Balaban J connectivity index is 1.66. The van der Waals surface area contributed by atoms with Crippen LogP contribution in [0, 0.1) is 5.92 Å². The molecule has 1 unspecified atom stereocenters. The first-order valence-electron chi connectivity index (χ1n) is 12.3. The quantitative estimate of drug-likeness (QED) is 0.693. The molecule has 2 aromatic carbocycles. The lowest BCUT2D eigenvalue weighted by atomic mass is 9.91. The molecule has 0 aromatic heterocycles. The first-order chi connectivity index (χ1) is 16.8. The highest BCUT2D eigenvalue weighted by molar-refractivity contribution is 5.92. The molecule has 4 amide bonds. The molecule has 35 heavy (non-hydrogen) atoms. The molecule has 2 aliphatic heterocycles. The van der Waals surface area contributed by atoms with Crippen LogP contribution in [0.5, 0.6) is 0 Å². The highest BCUT2D eigenvalue weighted by Gasteiger charge is 2.52. The van der Waals surface area contributed by atoms with E-state index in [1.165, 1.54) is 0 Å². The van der Waals surface area contributed by atoms with Crippen LogP contribution in [0.3, 0.4) is 0 Å². The van der Waals surface area contributed by atoms with E-state index in [0.717, 1.165) is 17.5 Å². The largest absolute Gasteiger partial charge is 0.334 e. The number of nitrogens with zero attached hydrogens (tertiary/aromatic N) is 4. The van der Waals surface area contributed by atoms with Crippen molar-refractivity contribution in [2.24, 2.45) is 5.92 Å². The minimum absolute atomic E-state index is 0.0441. The number of hydrazine groups is 1. The standard InChI is InChI=1S/C27H35N5O3/c1-5-19(2)25-26(34)30(20(3)22-14-10-7-11-15-22)17-23-31(25)24(33)18-29(4)32(23)27(35)28-16-21-12-8-6-9-13-21/h6-15,19-20,23,25H,5,16-18H2,1-4H3,(H,28,35)/t19?,20-,23-,25-/m0/s1. The van der Waals surface area contributed by atoms with Gasteiger partial charge in [0.1, 0.15) is 12.2 Å². The van der Waals surface area contributed by atoms with Crippen molar-refractivity contribution in [3.63, 3.8) is 0 Å². The van der Waals surface area contributed by atoms with Crippen molar-refractivity contribution in [2.75, 3.05) is 20.1 Å². The maximum Gasteiger partial charge on any atom is 0.334 e. The number of piperazine rings is 1. The Morgan fingerprint density at radius 3 is 2.29 bits per heavy atom. The van der Waals surface area contributed by atoms with Crippen molar-refractivity contribution in [3.05, 3.63) is 71.8 Å². The number of hydrogen-bond acceptors (Lipinski definition) is 4. The molecule has 186 valence electrons. The molecular formula is C27H35N5O3. The second-order valence-electron chi connectivity index (χ2n) is 9.49. The number of rotatable bonds is 6. The Morgan fingerprint density at radius 1 is 1.03 bits per heavy atom. The third kappa shape index (κ3) is 4.89. The summed E-state index contributed by atoms with van der Waals surface area (Å²) in [4.78, 5) is 44.0. The number of carbonyl (C=O) groups excluding carboxylic acids is 3.